The molecule has 9 nitrogen and oxygen atoms in total. The lowest BCUT2D eigenvalue weighted by molar-refractivity contribution is -0.384. The van der Waals surface area contributed by atoms with Gasteiger partial charge in [-0.15, -0.1) is 0 Å². The van der Waals surface area contributed by atoms with E-state index in [0.717, 1.165) is 12.5 Å². The molecule has 0 saturated heterocycles. The number of rotatable bonds is 5. The molecule has 0 fully saturated rings. The van der Waals surface area contributed by atoms with Crippen LogP contribution in [0.15, 0.2) is 52.0 Å². The summed E-state index contributed by atoms with van der Waals surface area (Å²) < 4.78 is 5.85. The first-order valence-electron chi connectivity index (χ1n) is 10.2. The SMILES string of the molecule is Cc1c(C(=O)Nc2ccc(Cl)cc2)oc2c1/C(=N/NC(=O)c1ccc(Cl)c([N+](=O)[O-])c1)CCC2. The van der Waals surface area contributed by atoms with E-state index in [1.807, 2.05) is 0 Å². The summed E-state index contributed by atoms with van der Waals surface area (Å²) in [4.78, 5) is 35.7. The maximum atomic E-state index is 12.8. The molecule has 0 aliphatic heterocycles. The van der Waals surface area contributed by atoms with Crippen molar-refractivity contribution in [3.8, 4) is 0 Å². The summed E-state index contributed by atoms with van der Waals surface area (Å²) in [7, 11) is 0. The van der Waals surface area contributed by atoms with Gasteiger partial charge in [-0.3, -0.25) is 19.7 Å². The maximum Gasteiger partial charge on any atom is 0.291 e. The fraction of sp³-hybridized carbons (Fsp3) is 0.174. The number of hydrogen-bond acceptors (Lipinski definition) is 6. The normalized spacial score (nSPS) is 13.9. The molecule has 0 bridgehead atoms. The second-order valence-electron chi connectivity index (χ2n) is 7.59. The highest BCUT2D eigenvalue weighted by atomic mass is 35.5. The third-order valence-electron chi connectivity index (χ3n) is 5.33. The van der Waals surface area contributed by atoms with Gasteiger partial charge in [0.1, 0.15) is 10.8 Å². The van der Waals surface area contributed by atoms with Crippen molar-refractivity contribution in [3.05, 3.63) is 90.8 Å². The van der Waals surface area contributed by atoms with E-state index in [2.05, 4.69) is 15.8 Å². The number of nitrogens with one attached hydrogen (secondary N) is 2. The van der Waals surface area contributed by atoms with Crippen LogP contribution in [0.3, 0.4) is 0 Å². The number of carbonyl (C=O) groups excluding carboxylic acids is 2. The molecule has 34 heavy (non-hydrogen) atoms. The third-order valence-corrected chi connectivity index (χ3v) is 5.90. The number of aryl methyl sites for hydroxylation is 1. The van der Waals surface area contributed by atoms with Crippen molar-refractivity contribution < 1.29 is 18.9 Å². The van der Waals surface area contributed by atoms with Crippen LogP contribution in [0.5, 0.6) is 0 Å². The average molecular weight is 501 g/mol. The predicted molar refractivity (Wildman–Crippen MR) is 128 cm³/mol. The minimum Gasteiger partial charge on any atom is -0.455 e. The number of fused-ring (bicyclic) bond motifs is 1. The molecule has 2 aromatic carbocycles. The van der Waals surface area contributed by atoms with E-state index in [0.29, 0.717) is 46.2 Å². The number of anilines is 1. The molecule has 11 heteroatoms. The van der Waals surface area contributed by atoms with Gasteiger partial charge < -0.3 is 9.73 Å². The van der Waals surface area contributed by atoms with Gasteiger partial charge in [0.15, 0.2) is 5.76 Å². The standard InChI is InChI=1S/C23H18Cl2N4O5/c1-12-20-17(27-28-22(30)13-5-10-16(25)18(11-13)29(32)33)3-2-4-19(20)34-21(12)23(31)26-15-8-6-14(24)7-9-15/h5-11H,2-4H2,1H3,(H,26,31)(H,28,30)/b27-17+. The highest BCUT2D eigenvalue weighted by Crippen LogP contribution is 2.30. The van der Waals surface area contributed by atoms with Crippen LogP contribution >= 0.6 is 23.2 Å². The maximum absolute atomic E-state index is 12.8. The Labute approximate surface area is 203 Å². The molecule has 0 unspecified atom stereocenters. The van der Waals surface area contributed by atoms with E-state index < -0.39 is 16.7 Å². The average Bonchev–Trinajstić information content (AvgIpc) is 3.16. The van der Waals surface area contributed by atoms with Gasteiger partial charge in [0.2, 0.25) is 0 Å². The van der Waals surface area contributed by atoms with Gasteiger partial charge in [0.05, 0.1) is 10.6 Å². The van der Waals surface area contributed by atoms with E-state index in [4.69, 9.17) is 27.6 Å². The number of benzene rings is 2. The smallest absolute Gasteiger partial charge is 0.291 e. The predicted octanol–water partition coefficient (Wildman–Crippen LogP) is 5.53. The zero-order valence-electron chi connectivity index (χ0n) is 17.9. The molecule has 0 saturated carbocycles. The Hall–Kier alpha value is -3.69. The molecule has 0 radical (unpaired) electrons. The van der Waals surface area contributed by atoms with E-state index in [-0.39, 0.29) is 22.0 Å². The van der Waals surface area contributed by atoms with Gasteiger partial charge in [0, 0.05) is 39.9 Å². The number of amides is 2. The van der Waals surface area contributed by atoms with Crippen LogP contribution in [0.25, 0.3) is 0 Å². The fourth-order valence-electron chi connectivity index (χ4n) is 3.69. The molecule has 0 atom stereocenters. The summed E-state index contributed by atoms with van der Waals surface area (Å²) >= 11 is 11.7. The van der Waals surface area contributed by atoms with Crippen molar-refractivity contribution in [1.82, 2.24) is 5.43 Å². The number of hydrazone groups is 1. The minimum absolute atomic E-state index is 0.0448. The van der Waals surface area contributed by atoms with Crippen LogP contribution in [-0.4, -0.2) is 22.4 Å². The van der Waals surface area contributed by atoms with Crippen LogP contribution in [0.2, 0.25) is 10.0 Å². The fourth-order valence-corrected chi connectivity index (χ4v) is 4.01. The van der Waals surface area contributed by atoms with Gasteiger partial charge in [-0.25, -0.2) is 5.43 Å². The van der Waals surface area contributed by atoms with Crippen LogP contribution in [0.1, 0.15) is 50.6 Å². The molecule has 1 heterocycles. The molecular formula is C23H18Cl2N4O5. The molecule has 4 rings (SSSR count). The first-order chi connectivity index (χ1) is 16.2. The molecule has 1 aliphatic rings. The second-order valence-corrected chi connectivity index (χ2v) is 8.44. The van der Waals surface area contributed by atoms with Crippen molar-refractivity contribution >= 4 is 52.1 Å². The summed E-state index contributed by atoms with van der Waals surface area (Å²) in [6, 6.07) is 10.4. The van der Waals surface area contributed by atoms with Crippen molar-refractivity contribution in [2.24, 2.45) is 5.10 Å². The zero-order valence-corrected chi connectivity index (χ0v) is 19.4. The highest BCUT2D eigenvalue weighted by molar-refractivity contribution is 6.32. The molecule has 0 spiro atoms. The van der Waals surface area contributed by atoms with Crippen molar-refractivity contribution in [1.29, 1.82) is 0 Å². The van der Waals surface area contributed by atoms with Crippen molar-refractivity contribution in [3.63, 3.8) is 0 Å². The Morgan fingerprint density at radius 1 is 1.09 bits per heavy atom. The third kappa shape index (κ3) is 4.80. The number of furan rings is 1. The lowest BCUT2D eigenvalue weighted by atomic mass is 9.93. The number of nitro groups is 1. The topological polar surface area (TPSA) is 127 Å². The van der Waals surface area contributed by atoms with Gasteiger partial charge >= 0.3 is 0 Å². The number of carbonyl (C=O) groups is 2. The number of nitro benzene ring substituents is 1. The van der Waals surface area contributed by atoms with Gasteiger partial charge in [0.25, 0.3) is 17.5 Å². The lowest BCUT2D eigenvalue weighted by Gasteiger charge is -2.13. The number of halogens is 2. The van der Waals surface area contributed by atoms with Crippen LogP contribution < -0.4 is 10.7 Å². The zero-order chi connectivity index (χ0) is 24.4. The Bertz CT molecular complexity index is 1330. The Morgan fingerprint density at radius 2 is 1.82 bits per heavy atom. The second kappa shape index (κ2) is 9.66. The Balaban J connectivity index is 1.56. The van der Waals surface area contributed by atoms with E-state index in [1.165, 1.54) is 12.1 Å². The Kier molecular flexibility index (Phi) is 6.67. The van der Waals surface area contributed by atoms with Gasteiger partial charge in [-0.2, -0.15) is 5.10 Å². The summed E-state index contributed by atoms with van der Waals surface area (Å²) in [5.74, 6) is -0.262. The quantitative estimate of drug-likeness (QED) is 0.351. The largest absolute Gasteiger partial charge is 0.455 e. The highest BCUT2D eigenvalue weighted by Gasteiger charge is 2.28. The monoisotopic (exact) mass is 500 g/mol. The van der Waals surface area contributed by atoms with Crippen LogP contribution in [-0.2, 0) is 6.42 Å². The molecule has 2 amide bonds. The first-order valence-corrected chi connectivity index (χ1v) is 11.0. The van der Waals surface area contributed by atoms with Gasteiger partial charge in [-0.05, 0) is 56.2 Å². The molecule has 3 aromatic rings. The van der Waals surface area contributed by atoms with E-state index in [1.54, 1.807) is 31.2 Å². The molecule has 1 aromatic heterocycles. The van der Waals surface area contributed by atoms with E-state index in [9.17, 15) is 19.7 Å². The van der Waals surface area contributed by atoms with Crippen LogP contribution in [0.4, 0.5) is 11.4 Å². The number of nitrogens with zero attached hydrogens (tertiary/aromatic N) is 2. The molecule has 174 valence electrons. The Morgan fingerprint density at radius 3 is 2.53 bits per heavy atom. The first kappa shape index (κ1) is 23.5. The van der Waals surface area contributed by atoms with E-state index >= 15 is 0 Å². The summed E-state index contributed by atoms with van der Waals surface area (Å²) in [6.45, 7) is 1.75. The van der Waals surface area contributed by atoms with Crippen molar-refractivity contribution in [2.75, 3.05) is 5.32 Å². The lowest BCUT2D eigenvalue weighted by Crippen LogP contribution is -2.22. The number of hydrogen-bond donors (Lipinski definition) is 2. The molecular weight excluding hydrogens is 483 g/mol. The summed E-state index contributed by atoms with van der Waals surface area (Å²) in [5.41, 5.74) is 4.52. The van der Waals surface area contributed by atoms with Crippen molar-refractivity contribution in [2.45, 2.75) is 26.2 Å². The molecule has 2 N–H and O–H groups in total. The molecule has 1 aliphatic carbocycles. The summed E-state index contributed by atoms with van der Waals surface area (Å²) in [6.07, 6.45) is 1.91. The van der Waals surface area contributed by atoms with Gasteiger partial charge in [-0.1, -0.05) is 23.2 Å². The minimum atomic E-state index is -0.663. The van der Waals surface area contributed by atoms with Crippen LogP contribution in [0, 0.1) is 17.0 Å². The summed E-state index contributed by atoms with van der Waals surface area (Å²) in [5, 5.41) is 18.6.